The second kappa shape index (κ2) is 7.55. The van der Waals surface area contributed by atoms with Gasteiger partial charge in [-0.15, -0.1) is 0 Å². The average Bonchev–Trinajstić information content (AvgIpc) is 2.49. The van der Waals surface area contributed by atoms with E-state index in [1.165, 1.54) is 18.4 Å². The molecule has 0 bridgehead atoms. The molecule has 2 rings (SSSR count). The highest BCUT2D eigenvalue weighted by Crippen LogP contribution is 2.35. The summed E-state index contributed by atoms with van der Waals surface area (Å²) in [7, 11) is 0. The number of benzene rings is 1. The van der Waals surface area contributed by atoms with Crippen molar-refractivity contribution < 1.29 is 5.11 Å². The third-order valence-corrected chi connectivity index (χ3v) is 5.06. The SMILES string of the molecule is CCC(N)C(c1ccccc1Br)N1CCCCC1CO. The summed E-state index contributed by atoms with van der Waals surface area (Å²) in [6.07, 6.45) is 4.38. The zero-order valence-corrected chi connectivity index (χ0v) is 13.7. The minimum absolute atomic E-state index is 0.0841. The van der Waals surface area contributed by atoms with E-state index in [1.54, 1.807) is 0 Å². The van der Waals surface area contributed by atoms with Crippen molar-refractivity contribution in [1.82, 2.24) is 4.90 Å². The van der Waals surface area contributed by atoms with E-state index in [4.69, 9.17) is 5.73 Å². The highest BCUT2D eigenvalue weighted by molar-refractivity contribution is 9.10. The van der Waals surface area contributed by atoms with Gasteiger partial charge in [0.2, 0.25) is 0 Å². The summed E-state index contributed by atoms with van der Waals surface area (Å²) < 4.78 is 1.11. The number of piperidine rings is 1. The van der Waals surface area contributed by atoms with Crippen molar-refractivity contribution in [3.63, 3.8) is 0 Å². The van der Waals surface area contributed by atoms with Gasteiger partial charge in [0.15, 0.2) is 0 Å². The van der Waals surface area contributed by atoms with Crippen LogP contribution in [0.4, 0.5) is 0 Å². The monoisotopic (exact) mass is 340 g/mol. The summed E-state index contributed by atoms with van der Waals surface area (Å²) in [4.78, 5) is 2.41. The Kier molecular flexibility index (Phi) is 6.02. The molecule has 3 N–H and O–H groups in total. The molecule has 0 aliphatic carbocycles. The van der Waals surface area contributed by atoms with Gasteiger partial charge in [0.25, 0.3) is 0 Å². The Morgan fingerprint density at radius 1 is 1.40 bits per heavy atom. The summed E-state index contributed by atoms with van der Waals surface area (Å²) >= 11 is 3.66. The standard InChI is InChI=1S/C16H25BrN2O/c1-2-15(18)16(13-8-3-4-9-14(13)17)19-10-6-5-7-12(19)11-20/h3-4,8-9,12,15-16,20H,2,5-7,10-11,18H2,1H3. The van der Waals surface area contributed by atoms with Crippen LogP contribution in [0.5, 0.6) is 0 Å². The summed E-state index contributed by atoms with van der Waals surface area (Å²) in [6, 6.07) is 8.80. The van der Waals surface area contributed by atoms with Gasteiger partial charge in [0, 0.05) is 16.6 Å². The van der Waals surface area contributed by atoms with E-state index >= 15 is 0 Å². The lowest BCUT2D eigenvalue weighted by atomic mass is 9.91. The third kappa shape index (κ3) is 3.42. The molecule has 1 aromatic rings. The van der Waals surface area contributed by atoms with E-state index < -0.39 is 0 Å². The molecule has 4 heteroatoms. The fraction of sp³-hybridized carbons (Fsp3) is 0.625. The molecule has 0 aromatic heterocycles. The van der Waals surface area contributed by atoms with Crippen LogP contribution < -0.4 is 5.73 Å². The van der Waals surface area contributed by atoms with E-state index in [-0.39, 0.29) is 24.7 Å². The molecule has 3 nitrogen and oxygen atoms in total. The highest BCUT2D eigenvalue weighted by Gasteiger charge is 2.33. The summed E-state index contributed by atoms with van der Waals surface area (Å²) in [6.45, 7) is 3.37. The lowest BCUT2D eigenvalue weighted by molar-refractivity contribution is 0.0413. The molecule has 0 spiro atoms. The maximum atomic E-state index is 9.69. The molecule has 112 valence electrons. The van der Waals surface area contributed by atoms with Gasteiger partial charge in [-0.2, -0.15) is 0 Å². The number of nitrogens with zero attached hydrogens (tertiary/aromatic N) is 1. The van der Waals surface area contributed by atoms with Gasteiger partial charge in [-0.25, -0.2) is 0 Å². The van der Waals surface area contributed by atoms with Crippen LogP contribution in [-0.4, -0.2) is 35.2 Å². The molecule has 3 unspecified atom stereocenters. The van der Waals surface area contributed by atoms with Crippen LogP contribution in [-0.2, 0) is 0 Å². The zero-order valence-electron chi connectivity index (χ0n) is 12.1. The van der Waals surface area contributed by atoms with Crippen LogP contribution in [0.15, 0.2) is 28.7 Å². The minimum atomic E-state index is 0.0841. The normalized spacial score (nSPS) is 23.5. The summed E-state index contributed by atoms with van der Waals surface area (Å²) in [5.74, 6) is 0. The smallest absolute Gasteiger partial charge is 0.0587 e. The van der Waals surface area contributed by atoms with Crippen molar-refractivity contribution in [1.29, 1.82) is 0 Å². The number of hydrogen-bond donors (Lipinski definition) is 2. The quantitative estimate of drug-likeness (QED) is 0.865. The molecular weight excluding hydrogens is 316 g/mol. The van der Waals surface area contributed by atoms with E-state index in [0.29, 0.717) is 0 Å². The number of likely N-dealkylation sites (tertiary alicyclic amines) is 1. The van der Waals surface area contributed by atoms with Crippen molar-refractivity contribution in [2.75, 3.05) is 13.2 Å². The number of rotatable bonds is 5. The van der Waals surface area contributed by atoms with Crippen LogP contribution in [0, 0.1) is 0 Å². The first-order valence-corrected chi connectivity index (χ1v) is 8.35. The number of aliphatic hydroxyl groups excluding tert-OH is 1. The second-order valence-corrected chi connectivity index (χ2v) is 6.46. The average molecular weight is 341 g/mol. The largest absolute Gasteiger partial charge is 0.395 e. The molecule has 0 radical (unpaired) electrons. The molecule has 0 saturated carbocycles. The highest BCUT2D eigenvalue weighted by atomic mass is 79.9. The number of halogens is 1. The van der Waals surface area contributed by atoms with Gasteiger partial charge in [-0.3, -0.25) is 4.90 Å². The first-order valence-electron chi connectivity index (χ1n) is 7.55. The van der Waals surface area contributed by atoms with Crippen LogP contribution in [0.3, 0.4) is 0 Å². The lowest BCUT2D eigenvalue weighted by Crippen LogP contribution is -2.49. The maximum absolute atomic E-state index is 9.69. The first-order chi connectivity index (χ1) is 9.69. The molecule has 1 saturated heterocycles. The van der Waals surface area contributed by atoms with E-state index in [1.807, 2.05) is 6.07 Å². The zero-order chi connectivity index (χ0) is 14.5. The fourth-order valence-electron chi connectivity index (χ4n) is 3.18. The number of hydrogen-bond acceptors (Lipinski definition) is 3. The first kappa shape index (κ1) is 16.0. The fourth-order valence-corrected chi connectivity index (χ4v) is 3.70. The number of nitrogens with two attached hydrogens (primary N) is 1. The molecule has 0 amide bonds. The summed E-state index contributed by atoms with van der Waals surface area (Å²) in [5.41, 5.74) is 7.66. The molecule has 3 atom stereocenters. The van der Waals surface area contributed by atoms with Crippen LogP contribution >= 0.6 is 15.9 Å². The van der Waals surface area contributed by atoms with Gasteiger partial charge in [-0.05, 0) is 37.4 Å². The van der Waals surface area contributed by atoms with Crippen LogP contribution in [0.1, 0.15) is 44.2 Å². The molecule has 1 aliphatic rings. The van der Waals surface area contributed by atoms with E-state index in [9.17, 15) is 5.11 Å². The molecule has 1 fully saturated rings. The Labute approximate surface area is 130 Å². The molecule has 20 heavy (non-hydrogen) atoms. The van der Waals surface area contributed by atoms with Crippen molar-refractivity contribution >= 4 is 15.9 Å². The Hall–Kier alpha value is -0.420. The Bertz CT molecular complexity index is 427. The van der Waals surface area contributed by atoms with Gasteiger partial charge in [0.1, 0.15) is 0 Å². The summed E-state index contributed by atoms with van der Waals surface area (Å²) in [5, 5.41) is 9.69. The topological polar surface area (TPSA) is 49.5 Å². The van der Waals surface area contributed by atoms with Crippen LogP contribution in [0.2, 0.25) is 0 Å². The van der Waals surface area contributed by atoms with E-state index in [0.717, 1.165) is 23.9 Å². The van der Waals surface area contributed by atoms with Crippen molar-refractivity contribution in [3.8, 4) is 0 Å². The molecule has 1 heterocycles. The Morgan fingerprint density at radius 2 is 2.15 bits per heavy atom. The molecular formula is C16H25BrN2O. The Morgan fingerprint density at radius 3 is 2.80 bits per heavy atom. The van der Waals surface area contributed by atoms with Gasteiger partial charge < -0.3 is 10.8 Å². The molecule has 1 aliphatic heterocycles. The second-order valence-electron chi connectivity index (χ2n) is 5.61. The van der Waals surface area contributed by atoms with Crippen molar-refractivity contribution in [2.24, 2.45) is 5.73 Å². The van der Waals surface area contributed by atoms with Crippen LogP contribution in [0.25, 0.3) is 0 Å². The van der Waals surface area contributed by atoms with Gasteiger partial charge >= 0.3 is 0 Å². The minimum Gasteiger partial charge on any atom is -0.395 e. The van der Waals surface area contributed by atoms with Gasteiger partial charge in [-0.1, -0.05) is 47.5 Å². The number of aliphatic hydroxyl groups is 1. The predicted octanol–water partition coefficient (Wildman–Crippen LogP) is 3.07. The Balaban J connectivity index is 2.34. The van der Waals surface area contributed by atoms with E-state index in [2.05, 4.69) is 46.0 Å². The van der Waals surface area contributed by atoms with Crippen molar-refractivity contribution in [2.45, 2.75) is 50.7 Å². The predicted molar refractivity (Wildman–Crippen MR) is 86.6 cm³/mol. The molecule has 1 aromatic carbocycles. The van der Waals surface area contributed by atoms with Crippen molar-refractivity contribution in [3.05, 3.63) is 34.3 Å². The lowest BCUT2D eigenvalue weighted by Gasteiger charge is -2.43. The van der Waals surface area contributed by atoms with Gasteiger partial charge in [0.05, 0.1) is 12.6 Å². The maximum Gasteiger partial charge on any atom is 0.0587 e. The third-order valence-electron chi connectivity index (χ3n) is 4.34.